The van der Waals surface area contributed by atoms with Gasteiger partial charge in [-0.15, -0.1) is 0 Å². The molecule has 2 amide bonds. The van der Waals surface area contributed by atoms with Crippen molar-refractivity contribution in [1.82, 2.24) is 29.9 Å². The highest BCUT2D eigenvalue weighted by atomic mass is 16.2. The first-order valence-electron chi connectivity index (χ1n) is 5.87. The molecule has 0 saturated heterocycles. The number of anilines is 1. The maximum absolute atomic E-state index is 11.4. The molecule has 5 N–H and O–H groups in total. The Morgan fingerprint density at radius 2 is 2.20 bits per heavy atom. The number of carbonyl (C=O) groups is 1. The maximum Gasteiger partial charge on any atom is 0.353 e. The molecule has 0 fully saturated rings. The number of urea groups is 1. The number of nitrogens with one attached hydrogen (secondary N) is 1. The fourth-order valence-electron chi connectivity index (χ4n) is 1.52. The number of aromatic nitrogens is 5. The van der Waals surface area contributed by atoms with Gasteiger partial charge in [0, 0.05) is 18.8 Å². The van der Waals surface area contributed by atoms with E-state index >= 15 is 0 Å². The number of imidazole rings is 1. The van der Waals surface area contributed by atoms with Crippen LogP contribution in [0.2, 0.25) is 0 Å². The molecule has 0 aliphatic heterocycles. The Morgan fingerprint density at radius 1 is 1.45 bits per heavy atom. The monoisotopic (exact) mass is 277 g/mol. The average Bonchev–Trinajstić information content (AvgIpc) is 2.91. The summed E-state index contributed by atoms with van der Waals surface area (Å²) in [6.07, 6.45) is 3.89. The molecule has 0 atom stereocenters. The van der Waals surface area contributed by atoms with Gasteiger partial charge in [0.25, 0.3) is 5.95 Å². The Labute approximate surface area is 114 Å². The number of amides is 2. The Morgan fingerprint density at radius 3 is 2.75 bits per heavy atom. The zero-order valence-corrected chi connectivity index (χ0v) is 11.1. The number of nitrogens with zero attached hydrogens (tertiary/aromatic N) is 6. The molecule has 0 bridgehead atoms. The molecule has 10 nitrogen and oxygen atoms in total. The van der Waals surface area contributed by atoms with Gasteiger partial charge in [-0.25, -0.2) is 21.5 Å². The lowest BCUT2D eigenvalue weighted by molar-refractivity contribution is 0.246. The van der Waals surface area contributed by atoms with Crippen LogP contribution >= 0.6 is 0 Å². The third-order valence-electron chi connectivity index (χ3n) is 2.57. The normalized spacial score (nSPS) is 10.4. The van der Waals surface area contributed by atoms with Crippen molar-refractivity contribution in [1.29, 1.82) is 0 Å². The number of hydrazine groups is 2. The first-order valence-corrected chi connectivity index (χ1v) is 5.87. The van der Waals surface area contributed by atoms with Crippen molar-refractivity contribution in [3.63, 3.8) is 0 Å². The van der Waals surface area contributed by atoms with E-state index in [1.807, 2.05) is 19.3 Å². The summed E-state index contributed by atoms with van der Waals surface area (Å²) in [5, 5.41) is 0.719. The fraction of sp³-hybridized carbons (Fsp3) is 0.300. The molecule has 2 aromatic heterocycles. The quantitative estimate of drug-likeness (QED) is 0.378. The molecule has 106 valence electrons. The van der Waals surface area contributed by atoms with Gasteiger partial charge in [0.05, 0.1) is 0 Å². The SMILES string of the molecule is CCc1nc(N(N)C(=O)NN)nc(-n2ccnc2C)n1. The lowest BCUT2D eigenvalue weighted by atomic mass is 10.4. The highest BCUT2D eigenvalue weighted by molar-refractivity contribution is 5.88. The molecule has 0 aliphatic carbocycles. The number of carbonyl (C=O) groups excluding carboxylic acids is 1. The van der Waals surface area contributed by atoms with Crippen LogP contribution < -0.4 is 22.1 Å². The summed E-state index contributed by atoms with van der Waals surface area (Å²) >= 11 is 0. The van der Waals surface area contributed by atoms with Crippen LogP contribution in [-0.4, -0.2) is 30.5 Å². The summed E-state index contributed by atoms with van der Waals surface area (Å²) < 4.78 is 1.67. The van der Waals surface area contributed by atoms with Crippen molar-refractivity contribution in [2.24, 2.45) is 11.7 Å². The highest BCUT2D eigenvalue weighted by Crippen LogP contribution is 2.10. The van der Waals surface area contributed by atoms with E-state index in [2.05, 4.69) is 19.9 Å². The summed E-state index contributed by atoms with van der Waals surface area (Å²) in [5.41, 5.74) is 1.91. The van der Waals surface area contributed by atoms with Crippen molar-refractivity contribution in [2.45, 2.75) is 20.3 Å². The van der Waals surface area contributed by atoms with Gasteiger partial charge < -0.3 is 0 Å². The molecule has 2 heterocycles. The second-order valence-corrected chi connectivity index (χ2v) is 3.87. The molecular weight excluding hydrogens is 262 g/mol. The number of aryl methyl sites for hydroxylation is 2. The smallest absolute Gasteiger partial charge is 0.274 e. The molecule has 20 heavy (non-hydrogen) atoms. The number of nitrogens with two attached hydrogens (primary N) is 2. The Balaban J connectivity index is 2.49. The topological polar surface area (TPSA) is 141 Å². The van der Waals surface area contributed by atoms with Crippen LogP contribution in [0.4, 0.5) is 10.7 Å². The van der Waals surface area contributed by atoms with Crippen LogP contribution in [0.3, 0.4) is 0 Å². The second kappa shape index (κ2) is 5.59. The van der Waals surface area contributed by atoms with Crippen LogP contribution in [0.15, 0.2) is 12.4 Å². The molecule has 10 heteroatoms. The third-order valence-corrected chi connectivity index (χ3v) is 2.57. The van der Waals surface area contributed by atoms with Gasteiger partial charge in [-0.05, 0) is 6.92 Å². The Kier molecular flexibility index (Phi) is 3.86. The molecule has 0 aromatic carbocycles. The summed E-state index contributed by atoms with van der Waals surface area (Å²) in [4.78, 5) is 28.0. The average molecular weight is 277 g/mol. The number of hydrogen-bond acceptors (Lipinski definition) is 7. The second-order valence-electron chi connectivity index (χ2n) is 3.87. The van der Waals surface area contributed by atoms with E-state index in [9.17, 15) is 4.79 Å². The minimum absolute atomic E-state index is 0.00269. The van der Waals surface area contributed by atoms with Gasteiger partial charge in [-0.3, -0.25) is 9.99 Å². The molecular formula is C10H15N9O. The lowest BCUT2D eigenvalue weighted by Crippen LogP contribution is -2.48. The van der Waals surface area contributed by atoms with Crippen molar-refractivity contribution in [3.05, 3.63) is 24.0 Å². The van der Waals surface area contributed by atoms with Crippen LogP contribution in [0.5, 0.6) is 0 Å². The fourth-order valence-corrected chi connectivity index (χ4v) is 1.52. The molecule has 0 spiro atoms. The minimum atomic E-state index is -0.730. The third kappa shape index (κ3) is 2.55. The summed E-state index contributed by atoms with van der Waals surface area (Å²) in [6.45, 7) is 3.69. The summed E-state index contributed by atoms with van der Waals surface area (Å²) in [6, 6.07) is -0.730. The van der Waals surface area contributed by atoms with E-state index in [-0.39, 0.29) is 5.95 Å². The van der Waals surface area contributed by atoms with Crippen LogP contribution in [0, 0.1) is 6.92 Å². The first kappa shape index (κ1) is 13.8. The van der Waals surface area contributed by atoms with Crippen LogP contribution in [-0.2, 0) is 6.42 Å². The zero-order chi connectivity index (χ0) is 14.7. The Bertz CT molecular complexity index is 623. The van der Waals surface area contributed by atoms with E-state index in [0.29, 0.717) is 24.0 Å². The van der Waals surface area contributed by atoms with Gasteiger partial charge >= 0.3 is 6.03 Å². The van der Waals surface area contributed by atoms with Gasteiger partial charge in [-0.2, -0.15) is 20.0 Å². The number of hydrogen-bond donors (Lipinski definition) is 3. The molecule has 0 radical (unpaired) electrons. The van der Waals surface area contributed by atoms with Crippen LogP contribution in [0.25, 0.3) is 5.95 Å². The first-order chi connectivity index (χ1) is 9.56. The molecule has 0 saturated carbocycles. The minimum Gasteiger partial charge on any atom is -0.274 e. The predicted molar refractivity (Wildman–Crippen MR) is 70.4 cm³/mol. The summed E-state index contributed by atoms with van der Waals surface area (Å²) in [5.74, 6) is 12.2. The largest absolute Gasteiger partial charge is 0.353 e. The van der Waals surface area contributed by atoms with E-state index in [0.717, 1.165) is 5.01 Å². The Hall–Kier alpha value is -2.59. The van der Waals surface area contributed by atoms with Gasteiger partial charge in [0.2, 0.25) is 5.95 Å². The maximum atomic E-state index is 11.4. The molecule has 0 unspecified atom stereocenters. The van der Waals surface area contributed by atoms with Crippen molar-refractivity contribution in [3.8, 4) is 5.95 Å². The lowest BCUT2D eigenvalue weighted by Gasteiger charge is -2.15. The van der Waals surface area contributed by atoms with Gasteiger partial charge in [0.15, 0.2) is 0 Å². The van der Waals surface area contributed by atoms with Crippen molar-refractivity contribution in [2.75, 3.05) is 5.01 Å². The number of rotatable bonds is 3. The summed E-state index contributed by atoms with van der Waals surface area (Å²) in [7, 11) is 0. The zero-order valence-electron chi connectivity index (χ0n) is 11.1. The van der Waals surface area contributed by atoms with E-state index in [4.69, 9.17) is 11.7 Å². The van der Waals surface area contributed by atoms with E-state index in [1.54, 1.807) is 17.0 Å². The van der Waals surface area contributed by atoms with Gasteiger partial charge in [-0.1, -0.05) is 6.92 Å². The highest BCUT2D eigenvalue weighted by Gasteiger charge is 2.17. The molecule has 2 aromatic rings. The van der Waals surface area contributed by atoms with Crippen LogP contribution in [0.1, 0.15) is 18.6 Å². The standard InChI is InChI=1S/C10H15N9O/c1-3-7-14-8(18-5-4-13-6(18)2)16-9(15-7)19(12)10(20)17-11/h4-5H,3,11-12H2,1-2H3,(H,17,20). The molecule has 2 rings (SSSR count). The van der Waals surface area contributed by atoms with E-state index < -0.39 is 6.03 Å². The van der Waals surface area contributed by atoms with Crippen molar-refractivity contribution >= 4 is 12.0 Å². The van der Waals surface area contributed by atoms with E-state index in [1.165, 1.54) is 0 Å². The van der Waals surface area contributed by atoms with Crippen molar-refractivity contribution < 1.29 is 4.79 Å². The van der Waals surface area contributed by atoms with Gasteiger partial charge in [0.1, 0.15) is 11.6 Å². The predicted octanol–water partition coefficient (Wildman–Crippen LogP) is -0.808. The molecule has 0 aliphatic rings.